The number of hydrogen-bond donors (Lipinski definition) is 0. The van der Waals surface area contributed by atoms with Gasteiger partial charge in [-0.1, -0.05) is 25.1 Å². The van der Waals surface area contributed by atoms with Gasteiger partial charge in [-0.05, 0) is 42.2 Å². The summed E-state index contributed by atoms with van der Waals surface area (Å²) < 4.78 is 57.1. The minimum atomic E-state index is -3.99. The van der Waals surface area contributed by atoms with Crippen molar-refractivity contribution in [2.75, 3.05) is 24.2 Å². The summed E-state index contributed by atoms with van der Waals surface area (Å²) in [6.45, 7) is 2.31. The highest BCUT2D eigenvalue weighted by Crippen LogP contribution is 2.37. The minimum absolute atomic E-state index is 0.0600. The van der Waals surface area contributed by atoms with E-state index in [1.54, 1.807) is 12.1 Å². The third kappa shape index (κ3) is 3.31. The zero-order valence-electron chi connectivity index (χ0n) is 14.8. The van der Waals surface area contributed by atoms with E-state index < -0.39 is 19.9 Å². The molecular weight excluding hydrogens is 374 g/mol. The number of anilines is 1. The molecule has 1 unspecified atom stereocenters. The lowest BCUT2D eigenvalue weighted by atomic mass is 9.96. The van der Waals surface area contributed by atoms with Crippen LogP contribution in [0.3, 0.4) is 0 Å². The van der Waals surface area contributed by atoms with E-state index in [-0.39, 0.29) is 21.5 Å². The van der Waals surface area contributed by atoms with Crippen molar-refractivity contribution in [3.8, 4) is 5.75 Å². The van der Waals surface area contributed by atoms with Gasteiger partial charge in [-0.3, -0.25) is 4.31 Å². The fourth-order valence-corrected chi connectivity index (χ4v) is 5.71. The number of benzene rings is 2. The molecule has 1 aliphatic rings. The fraction of sp³-hybridized carbons (Fsp3) is 0.333. The topological polar surface area (TPSA) is 80.8 Å². The van der Waals surface area contributed by atoms with Crippen molar-refractivity contribution in [3.63, 3.8) is 0 Å². The van der Waals surface area contributed by atoms with Gasteiger partial charge < -0.3 is 4.74 Å². The normalized spacial score (nSPS) is 17.7. The number of ether oxygens (including phenoxy) is 1. The number of para-hydroxylation sites is 1. The second-order valence-corrected chi connectivity index (χ2v) is 10.4. The lowest BCUT2D eigenvalue weighted by molar-refractivity contribution is 0.401. The maximum Gasteiger partial charge on any atom is 0.268 e. The number of hydrogen-bond acceptors (Lipinski definition) is 5. The van der Waals surface area contributed by atoms with E-state index in [0.29, 0.717) is 12.2 Å². The van der Waals surface area contributed by atoms with Gasteiger partial charge in [-0.2, -0.15) is 0 Å². The van der Waals surface area contributed by atoms with E-state index in [1.807, 2.05) is 19.1 Å². The van der Waals surface area contributed by atoms with Gasteiger partial charge in [0.15, 0.2) is 9.84 Å². The summed E-state index contributed by atoms with van der Waals surface area (Å²) in [5, 5.41) is 0. The van der Waals surface area contributed by atoms with Crippen molar-refractivity contribution in [1.82, 2.24) is 0 Å². The Morgan fingerprint density at radius 3 is 2.42 bits per heavy atom. The van der Waals surface area contributed by atoms with E-state index in [4.69, 9.17) is 4.74 Å². The molecule has 0 amide bonds. The molecule has 0 saturated carbocycles. The van der Waals surface area contributed by atoms with Crippen LogP contribution in [0.1, 0.15) is 12.5 Å². The van der Waals surface area contributed by atoms with Crippen LogP contribution in [0.2, 0.25) is 0 Å². The van der Waals surface area contributed by atoms with E-state index in [2.05, 4.69) is 0 Å². The summed E-state index contributed by atoms with van der Waals surface area (Å²) in [5.41, 5.74) is 1.57. The van der Waals surface area contributed by atoms with E-state index in [9.17, 15) is 16.8 Å². The van der Waals surface area contributed by atoms with Crippen LogP contribution in [0.4, 0.5) is 5.69 Å². The average molecular weight is 396 g/mol. The van der Waals surface area contributed by atoms with Crippen LogP contribution in [-0.2, 0) is 26.3 Å². The molecule has 2 aromatic carbocycles. The molecule has 1 atom stereocenters. The van der Waals surface area contributed by atoms with Gasteiger partial charge >= 0.3 is 0 Å². The largest absolute Gasteiger partial charge is 0.495 e. The number of fused-ring (bicyclic) bond motifs is 1. The summed E-state index contributed by atoms with van der Waals surface area (Å²) in [5.74, 6) is 0.261. The van der Waals surface area contributed by atoms with Crippen LogP contribution in [0.25, 0.3) is 0 Å². The van der Waals surface area contributed by atoms with Crippen molar-refractivity contribution in [2.24, 2.45) is 5.92 Å². The molecule has 1 aliphatic heterocycles. The van der Waals surface area contributed by atoms with E-state index in [0.717, 1.165) is 18.2 Å². The van der Waals surface area contributed by atoms with Crippen LogP contribution in [0.15, 0.2) is 52.3 Å². The summed E-state index contributed by atoms with van der Waals surface area (Å²) in [4.78, 5) is -0.206. The van der Waals surface area contributed by atoms with Crippen molar-refractivity contribution in [2.45, 2.75) is 23.1 Å². The fourth-order valence-electron chi connectivity index (χ4n) is 3.18. The molecule has 3 rings (SSSR count). The van der Waals surface area contributed by atoms with Crippen LogP contribution >= 0.6 is 0 Å². The predicted octanol–water partition coefficient (Wildman–Crippen LogP) is 2.49. The Morgan fingerprint density at radius 2 is 1.77 bits per heavy atom. The Morgan fingerprint density at radius 1 is 1.08 bits per heavy atom. The highest BCUT2D eigenvalue weighted by molar-refractivity contribution is 7.93. The predicted molar refractivity (Wildman–Crippen MR) is 99.9 cm³/mol. The average Bonchev–Trinajstić information content (AvgIpc) is 2.59. The Labute approximate surface area is 154 Å². The molecule has 140 valence electrons. The Balaban J connectivity index is 2.21. The van der Waals surface area contributed by atoms with Gasteiger partial charge in [0.1, 0.15) is 10.6 Å². The number of nitrogens with zero attached hydrogens (tertiary/aromatic N) is 1. The first-order chi connectivity index (χ1) is 12.1. The minimum Gasteiger partial charge on any atom is -0.495 e. The van der Waals surface area contributed by atoms with Gasteiger partial charge in [-0.15, -0.1) is 0 Å². The molecule has 6 nitrogen and oxygen atoms in total. The Bertz CT molecular complexity index is 1050. The van der Waals surface area contributed by atoms with Crippen molar-refractivity contribution in [3.05, 3.63) is 48.0 Å². The van der Waals surface area contributed by atoms with Crippen molar-refractivity contribution < 1.29 is 21.6 Å². The van der Waals surface area contributed by atoms with Crippen molar-refractivity contribution in [1.29, 1.82) is 0 Å². The van der Waals surface area contributed by atoms with Gasteiger partial charge in [0, 0.05) is 12.8 Å². The quantitative estimate of drug-likeness (QED) is 0.794. The number of sulfone groups is 1. The first-order valence-electron chi connectivity index (χ1n) is 8.13. The highest BCUT2D eigenvalue weighted by atomic mass is 32.2. The molecule has 0 bridgehead atoms. The molecule has 0 saturated heterocycles. The molecule has 2 aromatic rings. The summed E-state index contributed by atoms with van der Waals surface area (Å²) in [6, 6.07) is 11.3. The summed E-state index contributed by atoms with van der Waals surface area (Å²) in [6.07, 6.45) is 1.84. The standard InChI is InChI=1S/C18H21NO5S2/c1-13-10-14-6-4-5-7-16(14)19(12-13)26(22,23)18-11-15(25(3,20)21)8-9-17(18)24-2/h4-9,11,13H,10,12H2,1-3H3. The molecule has 1 heterocycles. The second kappa shape index (κ2) is 6.59. The first-order valence-corrected chi connectivity index (χ1v) is 11.5. The zero-order valence-corrected chi connectivity index (χ0v) is 16.5. The molecular formula is C18H21NO5S2. The third-order valence-electron chi connectivity index (χ3n) is 4.44. The maximum atomic E-state index is 13.4. The van der Waals surface area contributed by atoms with Crippen LogP contribution in [0.5, 0.6) is 5.75 Å². The third-order valence-corrected chi connectivity index (χ3v) is 7.35. The number of sulfonamides is 1. The van der Waals surface area contributed by atoms with Gasteiger partial charge in [0.2, 0.25) is 0 Å². The lowest BCUT2D eigenvalue weighted by Gasteiger charge is -2.34. The Kier molecular flexibility index (Phi) is 4.74. The van der Waals surface area contributed by atoms with Gasteiger partial charge in [-0.25, -0.2) is 16.8 Å². The van der Waals surface area contributed by atoms with Gasteiger partial charge in [0.25, 0.3) is 10.0 Å². The second-order valence-electron chi connectivity index (χ2n) is 6.56. The molecule has 26 heavy (non-hydrogen) atoms. The molecule has 8 heteroatoms. The lowest BCUT2D eigenvalue weighted by Crippen LogP contribution is -2.39. The SMILES string of the molecule is COc1ccc(S(C)(=O)=O)cc1S(=O)(=O)N1CC(C)Cc2ccccc21. The van der Waals surface area contributed by atoms with E-state index >= 15 is 0 Å². The summed E-state index contributed by atoms with van der Waals surface area (Å²) in [7, 11) is -6.18. The molecule has 0 aliphatic carbocycles. The molecule has 0 N–H and O–H groups in total. The van der Waals surface area contributed by atoms with Crippen LogP contribution in [0, 0.1) is 5.92 Å². The zero-order chi connectivity index (χ0) is 19.1. The molecule has 0 spiro atoms. The summed E-state index contributed by atoms with van der Waals surface area (Å²) >= 11 is 0. The molecule has 0 fully saturated rings. The Hall–Kier alpha value is -2.06. The van der Waals surface area contributed by atoms with Crippen LogP contribution < -0.4 is 9.04 Å². The monoisotopic (exact) mass is 395 g/mol. The van der Waals surface area contributed by atoms with Crippen molar-refractivity contribution >= 4 is 25.5 Å². The molecule has 0 aromatic heterocycles. The molecule has 0 radical (unpaired) electrons. The van der Waals surface area contributed by atoms with Crippen LogP contribution in [-0.4, -0.2) is 36.7 Å². The van der Waals surface area contributed by atoms with Gasteiger partial charge in [0.05, 0.1) is 17.7 Å². The number of methoxy groups -OCH3 is 1. The highest BCUT2D eigenvalue weighted by Gasteiger charge is 2.34. The van der Waals surface area contributed by atoms with E-state index in [1.165, 1.54) is 29.6 Å². The first kappa shape index (κ1) is 18.7. The number of rotatable bonds is 4. The smallest absolute Gasteiger partial charge is 0.268 e. The maximum absolute atomic E-state index is 13.4.